The molecule has 0 aliphatic carbocycles. The fourth-order valence-corrected chi connectivity index (χ4v) is 2.84. The molecule has 1 aromatic carbocycles. The Morgan fingerprint density at radius 3 is 2.71 bits per heavy atom. The quantitative estimate of drug-likeness (QED) is 0.839. The van der Waals surface area contributed by atoms with Gasteiger partial charge >= 0.3 is 6.18 Å². The highest BCUT2D eigenvalue weighted by atomic mass is 19.4. The van der Waals surface area contributed by atoms with Crippen LogP contribution in [-0.2, 0) is 12.7 Å². The zero-order valence-corrected chi connectivity index (χ0v) is 12.0. The van der Waals surface area contributed by atoms with Crippen LogP contribution in [0, 0.1) is 5.82 Å². The summed E-state index contributed by atoms with van der Waals surface area (Å²) in [5, 5.41) is 3.14. The van der Waals surface area contributed by atoms with Gasteiger partial charge in [-0.15, -0.1) is 0 Å². The molecule has 0 saturated carbocycles. The first-order chi connectivity index (χ1) is 9.90. The second-order valence-corrected chi connectivity index (χ2v) is 5.40. The van der Waals surface area contributed by atoms with Gasteiger partial charge in [0.1, 0.15) is 5.82 Å². The van der Waals surface area contributed by atoms with Crippen molar-refractivity contribution in [2.45, 2.75) is 38.5 Å². The van der Waals surface area contributed by atoms with Crippen molar-refractivity contribution < 1.29 is 17.6 Å². The van der Waals surface area contributed by atoms with Crippen molar-refractivity contribution in [2.24, 2.45) is 0 Å². The lowest BCUT2D eigenvalue weighted by molar-refractivity contribution is -0.137. The van der Waals surface area contributed by atoms with Crippen molar-refractivity contribution in [1.82, 2.24) is 10.2 Å². The summed E-state index contributed by atoms with van der Waals surface area (Å²) in [6, 6.07) is 3.10. The van der Waals surface area contributed by atoms with Crippen LogP contribution >= 0.6 is 0 Å². The molecular weight excluding hydrogens is 284 g/mol. The van der Waals surface area contributed by atoms with E-state index in [0.717, 1.165) is 38.1 Å². The summed E-state index contributed by atoms with van der Waals surface area (Å²) in [6.07, 6.45) is -2.27. The molecule has 118 valence electrons. The number of hydrogen-bond donors (Lipinski definition) is 1. The number of nitrogens with zero attached hydrogens (tertiary/aromatic N) is 1. The summed E-state index contributed by atoms with van der Waals surface area (Å²) < 4.78 is 51.1. The van der Waals surface area contributed by atoms with Crippen LogP contribution in [0.15, 0.2) is 18.2 Å². The fraction of sp³-hybridized carbons (Fsp3) is 0.600. The first kappa shape index (κ1) is 16.2. The molecular formula is C15H20F4N2. The maximum Gasteiger partial charge on any atom is 0.416 e. The van der Waals surface area contributed by atoms with Crippen molar-refractivity contribution >= 4 is 0 Å². The van der Waals surface area contributed by atoms with Crippen molar-refractivity contribution in [3.63, 3.8) is 0 Å². The van der Waals surface area contributed by atoms with Gasteiger partial charge in [-0.05, 0) is 49.7 Å². The van der Waals surface area contributed by atoms with Gasteiger partial charge in [0.15, 0.2) is 0 Å². The fourth-order valence-electron chi connectivity index (χ4n) is 2.84. The van der Waals surface area contributed by atoms with Gasteiger partial charge in [-0.25, -0.2) is 4.39 Å². The second kappa shape index (κ2) is 6.75. The third-order valence-electron chi connectivity index (χ3n) is 3.90. The van der Waals surface area contributed by atoms with Crippen LogP contribution < -0.4 is 5.32 Å². The molecule has 21 heavy (non-hydrogen) atoms. The van der Waals surface area contributed by atoms with E-state index in [9.17, 15) is 17.6 Å². The maximum absolute atomic E-state index is 13.3. The third-order valence-corrected chi connectivity index (χ3v) is 3.90. The number of nitrogens with one attached hydrogen (secondary N) is 1. The van der Waals surface area contributed by atoms with Crippen LogP contribution in [0.2, 0.25) is 0 Å². The smallest absolute Gasteiger partial charge is 0.311 e. The number of alkyl halides is 3. The number of likely N-dealkylation sites (tertiary alicyclic amines) is 1. The normalized spacial score (nSPS) is 20.1. The molecule has 1 aliphatic rings. The predicted octanol–water partition coefficient (Wildman–Crippen LogP) is 3.42. The van der Waals surface area contributed by atoms with Crippen molar-refractivity contribution in [1.29, 1.82) is 0 Å². The molecule has 0 aromatic heterocycles. The Labute approximate surface area is 122 Å². The molecule has 1 aromatic rings. The molecule has 0 radical (unpaired) electrons. The standard InChI is InChI=1S/C15H20F4N2/c1-2-21-5-3-4-14(21)10-20-9-11-6-12(15(17,18)19)8-13(16)7-11/h6-8,14,20H,2-5,9-10H2,1H3. The van der Waals surface area contributed by atoms with Gasteiger partial charge in [0.05, 0.1) is 5.56 Å². The van der Waals surface area contributed by atoms with Crippen molar-refractivity contribution in [2.75, 3.05) is 19.6 Å². The van der Waals surface area contributed by atoms with E-state index >= 15 is 0 Å². The summed E-state index contributed by atoms with van der Waals surface area (Å²) in [6.45, 7) is 5.10. The van der Waals surface area contributed by atoms with Gasteiger partial charge in [0, 0.05) is 19.1 Å². The first-order valence-corrected chi connectivity index (χ1v) is 7.21. The average molecular weight is 304 g/mol. The minimum atomic E-state index is -4.51. The van der Waals surface area contributed by atoms with Crippen LogP contribution in [-0.4, -0.2) is 30.6 Å². The lowest BCUT2D eigenvalue weighted by Crippen LogP contribution is -2.37. The summed E-state index contributed by atoms with van der Waals surface area (Å²) in [4.78, 5) is 2.35. The predicted molar refractivity (Wildman–Crippen MR) is 73.4 cm³/mol. The van der Waals surface area contributed by atoms with E-state index in [0.29, 0.717) is 24.2 Å². The molecule has 1 N–H and O–H groups in total. The zero-order valence-electron chi connectivity index (χ0n) is 12.0. The number of hydrogen-bond acceptors (Lipinski definition) is 2. The highest BCUT2D eigenvalue weighted by molar-refractivity contribution is 5.26. The molecule has 1 heterocycles. The minimum absolute atomic E-state index is 0.245. The zero-order chi connectivity index (χ0) is 15.5. The lowest BCUT2D eigenvalue weighted by atomic mass is 10.1. The Kier molecular flexibility index (Phi) is 5.22. The van der Waals surface area contributed by atoms with Gasteiger partial charge in [-0.3, -0.25) is 4.90 Å². The van der Waals surface area contributed by atoms with Crippen LogP contribution in [0.5, 0.6) is 0 Å². The van der Waals surface area contributed by atoms with Crippen LogP contribution in [0.3, 0.4) is 0 Å². The highest BCUT2D eigenvalue weighted by Gasteiger charge is 2.31. The summed E-state index contributed by atoms with van der Waals surface area (Å²) >= 11 is 0. The van der Waals surface area contributed by atoms with E-state index in [1.807, 2.05) is 0 Å². The largest absolute Gasteiger partial charge is 0.416 e. The molecule has 1 aliphatic heterocycles. The SMILES string of the molecule is CCN1CCCC1CNCc1cc(F)cc(C(F)(F)F)c1. The molecule has 2 nitrogen and oxygen atoms in total. The van der Waals surface area contributed by atoms with Crippen molar-refractivity contribution in [3.8, 4) is 0 Å². The molecule has 0 spiro atoms. The Morgan fingerprint density at radius 2 is 2.05 bits per heavy atom. The summed E-state index contributed by atoms with van der Waals surface area (Å²) in [5.74, 6) is -0.849. The van der Waals surface area contributed by atoms with Crippen molar-refractivity contribution in [3.05, 3.63) is 35.1 Å². The maximum atomic E-state index is 13.3. The molecule has 0 bridgehead atoms. The number of rotatable bonds is 5. The third kappa shape index (κ3) is 4.41. The van der Waals surface area contributed by atoms with Crippen LogP contribution in [0.1, 0.15) is 30.9 Å². The Hall–Kier alpha value is -1.14. The van der Waals surface area contributed by atoms with E-state index in [4.69, 9.17) is 0 Å². The molecule has 6 heteroatoms. The van der Waals surface area contributed by atoms with Gasteiger partial charge in [0.2, 0.25) is 0 Å². The monoisotopic (exact) mass is 304 g/mol. The molecule has 2 rings (SSSR count). The van der Waals surface area contributed by atoms with Gasteiger partial charge < -0.3 is 5.32 Å². The summed E-state index contributed by atoms with van der Waals surface area (Å²) in [5.41, 5.74) is -0.612. The van der Waals surface area contributed by atoms with Gasteiger partial charge in [-0.1, -0.05) is 6.92 Å². The summed E-state index contributed by atoms with van der Waals surface area (Å²) in [7, 11) is 0. The van der Waals surface area contributed by atoms with E-state index in [1.54, 1.807) is 0 Å². The Bertz CT molecular complexity index is 473. The van der Waals surface area contributed by atoms with E-state index in [1.165, 1.54) is 0 Å². The topological polar surface area (TPSA) is 15.3 Å². The Morgan fingerprint density at radius 1 is 1.29 bits per heavy atom. The van der Waals surface area contributed by atoms with Crippen LogP contribution in [0.4, 0.5) is 17.6 Å². The first-order valence-electron chi connectivity index (χ1n) is 7.21. The van der Waals surface area contributed by atoms with Crippen LogP contribution in [0.25, 0.3) is 0 Å². The van der Waals surface area contributed by atoms with E-state index in [2.05, 4.69) is 17.1 Å². The molecule has 0 amide bonds. The number of halogens is 4. The van der Waals surface area contributed by atoms with Gasteiger partial charge in [-0.2, -0.15) is 13.2 Å². The van der Waals surface area contributed by atoms with E-state index < -0.39 is 17.6 Å². The minimum Gasteiger partial charge on any atom is -0.311 e. The highest BCUT2D eigenvalue weighted by Crippen LogP contribution is 2.30. The lowest BCUT2D eigenvalue weighted by Gasteiger charge is -2.23. The number of benzene rings is 1. The average Bonchev–Trinajstić information content (AvgIpc) is 2.84. The Balaban J connectivity index is 1.93. The van der Waals surface area contributed by atoms with E-state index in [-0.39, 0.29) is 6.54 Å². The molecule has 1 saturated heterocycles. The van der Waals surface area contributed by atoms with Gasteiger partial charge in [0.25, 0.3) is 0 Å². The number of likely N-dealkylation sites (N-methyl/N-ethyl adjacent to an activating group) is 1. The molecule has 1 fully saturated rings. The second-order valence-electron chi connectivity index (χ2n) is 5.40. The molecule has 1 unspecified atom stereocenters. The molecule has 1 atom stereocenters.